The number of aromatic nitrogens is 2. The van der Waals surface area contributed by atoms with Crippen molar-refractivity contribution in [2.24, 2.45) is 10.7 Å². The highest BCUT2D eigenvalue weighted by Gasteiger charge is 2.02. The van der Waals surface area contributed by atoms with Crippen LogP contribution in [0.25, 0.3) is 0 Å². The Morgan fingerprint density at radius 1 is 1.00 bits per heavy atom. The van der Waals surface area contributed by atoms with E-state index in [0.29, 0.717) is 12.6 Å². The van der Waals surface area contributed by atoms with E-state index >= 15 is 0 Å². The van der Waals surface area contributed by atoms with Crippen LogP contribution in [0, 0.1) is 13.8 Å². The zero-order valence-corrected chi connectivity index (χ0v) is 14.8. The second-order valence-corrected chi connectivity index (χ2v) is 5.87. The first-order chi connectivity index (χ1) is 12.6. The molecule has 6 nitrogen and oxygen atoms in total. The second kappa shape index (κ2) is 8.11. The number of nitrogens with two attached hydrogens (primary N) is 1. The number of anilines is 1. The average molecular weight is 347 g/mol. The van der Waals surface area contributed by atoms with Gasteiger partial charge in [0.15, 0.2) is 0 Å². The molecule has 3 aromatic rings. The molecule has 0 aliphatic rings. The zero-order valence-electron chi connectivity index (χ0n) is 14.8. The van der Waals surface area contributed by atoms with E-state index in [-0.39, 0.29) is 5.96 Å². The van der Waals surface area contributed by atoms with Crippen LogP contribution >= 0.6 is 0 Å². The Balaban J connectivity index is 1.66. The molecule has 3 N–H and O–H groups in total. The molecule has 0 bridgehead atoms. The smallest absolute Gasteiger partial charge is 0.253 e. The average Bonchev–Trinajstić information content (AvgIpc) is 2.60. The first-order valence-corrected chi connectivity index (χ1v) is 8.29. The van der Waals surface area contributed by atoms with E-state index in [2.05, 4.69) is 20.3 Å². The van der Waals surface area contributed by atoms with Crippen molar-refractivity contribution in [1.29, 1.82) is 0 Å². The number of nitrogens with zero attached hydrogens (tertiary/aromatic N) is 3. The molecular formula is C20H21N5O. The van der Waals surface area contributed by atoms with Crippen molar-refractivity contribution >= 4 is 17.6 Å². The van der Waals surface area contributed by atoms with Crippen molar-refractivity contribution in [1.82, 2.24) is 9.97 Å². The summed E-state index contributed by atoms with van der Waals surface area (Å²) in [7, 11) is 0. The van der Waals surface area contributed by atoms with Gasteiger partial charge < -0.3 is 15.8 Å². The molecule has 1 heterocycles. The lowest BCUT2D eigenvalue weighted by atomic mass is 10.2. The van der Waals surface area contributed by atoms with E-state index in [0.717, 1.165) is 28.4 Å². The zero-order chi connectivity index (χ0) is 18.4. The predicted octanol–water partition coefficient (Wildman–Crippen LogP) is 3.73. The molecular weight excluding hydrogens is 326 g/mol. The molecule has 1 aromatic heterocycles. The summed E-state index contributed by atoms with van der Waals surface area (Å²) < 4.78 is 5.82. The maximum Gasteiger partial charge on any atom is 0.253 e. The maximum atomic E-state index is 5.97. The third kappa shape index (κ3) is 5.04. The molecule has 0 saturated carbocycles. The van der Waals surface area contributed by atoms with Crippen LogP contribution in [0.1, 0.15) is 17.0 Å². The highest BCUT2D eigenvalue weighted by atomic mass is 16.5. The highest BCUT2D eigenvalue weighted by molar-refractivity contribution is 5.93. The minimum atomic E-state index is 0.218. The molecule has 26 heavy (non-hydrogen) atoms. The molecule has 132 valence electrons. The van der Waals surface area contributed by atoms with E-state index in [1.165, 1.54) is 0 Å². The Labute approximate surface area is 152 Å². The van der Waals surface area contributed by atoms with Gasteiger partial charge in [-0.3, -0.25) is 0 Å². The van der Waals surface area contributed by atoms with Crippen LogP contribution in [-0.2, 0) is 6.61 Å². The van der Waals surface area contributed by atoms with Gasteiger partial charge in [-0.1, -0.05) is 36.4 Å². The molecule has 0 aliphatic carbocycles. The maximum absolute atomic E-state index is 5.97. The number of nitrogens with one attached hydrogen (secondary N) is 1. The van der Waals surface area contributed by atoms with Gasteiger partial charge in [0.05, 0.1) is 0 Å². The fourth-order valence-electron chi connectivity index (χ4n) is 2.45. The lowest BCUT2D eigenvalue weighted by molar-refractivity contribution is 0.306. The molecule has 0 amide bonds. The molecule has 0 saturated heterocycles. The van der Waals surface area contributed by atoms with Crippen LogP contribution in [0.3, 0.4) is 0 Å². The van der Waals surface area contributed by atoms with Gasteiger partial charge in [-0.25, -0.2) is 9.97 Å². The SMILES string of the molecule is Cc1cc(C)nc(N=C(N)Nc2cccc(OCc3ccccc3)c2)n1. The quantitative estimate of drug-likeness (QED) is 0.542. The summed E-state index contributed by atoms with van der Waals surface area (Å²) in [6.45, 7) is 4.29. The molecule has 0 aliphatic heterocycles. The Bertz CT molecular complexity index is 889. The minimum absolute atomic E-state index is 0.218. The van der Waals surface area contributed by atoms with E-state index < -0.39 is 0 Å². The van der Waals surface area contributed by atoms with Crippen molar-refractivity contribution < 1.29 is 4.74 Å². The van der Waals surface area contributed by atoms with E-state index in [9.17, 15) is 0 Å². The summed E-state index contributed by atoms with van der Waals surface area (Å²) in [6, 6.07) is 19.4. The van der Waals surface area contributed by atoms with Crippen molar-refractivity contribution in [2.45, 2.75) is 20.5 Å². The van der Waals surface area contributed by atoms with Crippen LogP contribution < -0.4 is 15.8 Å². The van der Waals surface area contributed by atoms with Crippen molar-refractivity contribution in [2.75, 3.05) is 5.32 Å². The minimum Gasteiger partial charge on any atom is -0.489 e. The van der Waals surface area contributed by atoms with E-state index in [4.69, 9.17) is 10.5 Å². The second-order valence-electron chi connectivity index (χ2n) is 5.87. The van der Waals surface area contributed by atoms with Gasteiger partial charge in [0, 0.05) is 23.1 Å². The van der Waals surface area contributed by atoms with Gasteiger partial charge >= 0.3 is 0 Å². The summed E-state index contributed by atoms with van der Waals surface area (Å²) in [6.07, 6.45) is 0. The highest BCUT2D eigenvalue weighted by Crippen LogP contribution is 2.19. The number of guanidine groups is 1. The Hall–Kier alpha value is -3.41. The first kappa shape index (κ1) is 17.4. The van der Waals surface area contributed by atoms with Crippen molar-refractivity contribution in [3.05, 3.63) is 77.6 Å². The Morgan fingerprint density at radius 2 is 1.73 bits per heavy atom. The summed E-state index contributed by atoms with van der Waals surface area (Å²) in [5, 5.41) is 3.04. The largest absolute Gasteiger partial charge is 0.489 e. The fraction of sp³-hybridized carbons (Fsp3) is 0.150. The fourth-order valence-corrected chi connectivity index (χ4v) is 2.45. The number of hydrogen-bond acceptors (Lipinski definition) is 4. The molecule has 6 heteroatoms. The molecule has 2 aromatic carbocycles. The number of aliphatic imine (C=N–C) groups is 1. The van der Waals surface area contributed by atoms with Gasteiger partial charge in [-0.05, 0) is 37.6 Å². The van der Waals surface area contributed by atoms with Gasteiger partial charge in [0.1, 0.15) is 12.4 Å². The normalized spacial score (nSPS) is 11.2. The van der Waals surface area contributed by atoms with Gasteiger partial charge in [-0.2, -0.15) is 4.99 Å². The number of hydrogen-bond donors (Lipinski definition) is 2. The lowest BCUT2D eigenvalue weighted by Gasteiger charge is -2.09. The molecule has 0 atom stereocenters. The number of ether oxygens (including phenoxy) is 1. The number of rotatable bonds is 5. The predicted molar refractivity (Wildman–Crippen MR) is 104 cm³/mol. The van der Waals surface area contributed by atoms with Crippen molar-refractivity contribution in [3.8, 4) is 5.75 Å². The molecule has 0 radical (unpaired) electrons. The molecule has 0 unspecified atom stereocenters. The van der Waals surface area contributed by atoms with Gasteiger partial charge in [0.2, 0.25) is 5.96 Å². The molecule has 0 fully saturated rings. The van der Waals surface area contributed by atoms with Crippen LogP contribution in [0.5, 0.6) is 5.75 Å². The summed E-state index contributed by atoms with van der Waals surface area (Å²) in [5.41, 5.74) is 9.56. The van der Waals surface area contributed by atoms with Crippen molar-refractivity contribution in [3.63, 3.8) is 0 Å². The standard InChI is InChI=1S/C20H21N5O/c1-14-11-15(2)23-20(22-14)25-19(21)24-17-9-6-10-18(12-17)26-13-16-7-4-3-5-8-16/h3-12H,13H2,1-2H3,(H3,21,22,23,24,25). The summed E-state index contributed by atoms with van der Waals surface area (Å²) in [4.78, 5) is 12.7. The third-order valence-corrected chi connectivity index (χ3v) is 3.55. The monoisotopic (exact) mass is 347 g/mol. The Kier molecular flexibility index (Phi) is 5.43. The van der Waals surface area contributed by atoms with Crippen LogP contribution in [0.4, 0.5) is 11.6 Å². The summed E-state index contributed by atoms with van der Waals surface area (Å²) in [5.74, 6) is 1.30. The van der Waals surface area contributed by atoms with E-state index in [1.807, 2.05) is 74.5 Å². The lowest BCUT2D eigenvalue weighted by Crippen LogP contribution is -2.22. The van der Waals surface area contributed by atoms with Gasteiger partial charge in [-0.15, -0.1) is 0 Å². The van der Waals surface area contributed by atoms with Crippen LogP contribution in [-0.4, -0.2) is 15.9 Å². The number of benzene rings is 2. The third-order valence-electron chi connectivity index (χ3n) is 3.55. The Morgan fingerprint density at radius 3 is 2.46 bits per heavy atom. The van der Waals surface area contributed by atoms with Crippen LogP contribution in [0.15, 0.2) is 65.7 Å². The molecule has 3 rings (SSSR count). The number of aryl methyl sites for hydroxylation is 2. The van der Waals surface area contributed by atoms with E-state index in [1.54, 1.807) is 0 Å². The first-order valence-electron chi connectivity index (χ1n) is 8.29. The summed E-state index contributed by atoms with van der Waals surface area (Å²) >= 11 is 0. The molecule has 0 spiro atoms. The van der Waals surface area contributed by atoms with Gasteiger partial charge in [0.25, 0.3) is 5.95 Å². The topological polar surface area (TPSA) is 85.4 Å². The van der Waals surface area contributed by atoms with Crippen LogP contribution in [0.2, 0.25) is 0 Å².